The van der Waals surface area contributed by atoms with Crippen LogP contribution in [0, 0.1) is 5.92 Å². The molecule has 1 rings (SSSR count). The zero-order valence-electron chi connectivity index (χ0n) is 11.1. The van der Waals surface area contributed by atoms with E-state index in [1.54, 1.807) is 11.3 Å². The Hall–Kier alpha value is -0.940. The van der Waals surface area contributed by atoms with Gasteiger partial charge in [-0.05, 0) is 31.7 Å². The van der Waals surface area contributed by atoms with Gasteiger partial charge in [-0.25, -0.2) is 4.98 Å². The third kappa shape index (κ3) is 6.12. The number of aliphatic carboxylic acids is 1. The van der Waals surface area contributed by atoms with Crippen LogP contribution in [-0.2, 0) is 17.8 Å². The lowest BCUT2D eigenvalue weighted by molar-refractivity contribution is -0.137. The summed E-state index contributed by atoms with van der Waals surface area (Å²) in [5.41, 5.74) is 1.11. The van der Waals surface area contributed by atoms with E-state index in [0.717, 1.165) is 38.0 Å². The topological polar surface area (TPSA) is 62.2 Å². The molecule has 0 spiro atoms. The molecule has 1 aromatic rings. The molecule has 0 saturated carbocycles. The van der Waals surface area contributed by atoms with Crippen molar-refractivity contribution < 1.29 is 9.90 Å². The number of carboxylic acid groups (broad SMARTS) is 1. The summed E-state index contributed by atoms with van der Waals surface area (Å²) in [5, 5.41) is 15.2. The molecule has 1 atom stereocenters. The second-order valence-electron chi connectivity index (χ2n) is 4.59. The maximum absolute atomic E-state index is 10.4. The van der Waals surface area contributed by atoms with E-state index in [4.69, 9.17) is 5.11 Å². The summed E-state index contributed by atoms with van der Waals surface area (Å²) >= 11 is 1.71. The molecule has 5 heteroatoms. The molecule has 4 nitrogen and oxygen atoms in total. The minimum Gasteiger partial charge on any atom is -0.481 e. The Kier molecular flexibility index (Phi) is 6.90. The molecule has 1 unspecified atom stereocenters. The van der Waals surface area contributed by atoms with Crippen molar-refractivity contribution in [1.29, 1.82) is 0 Å². The number of nitrogens with one attached hydrogen (secondary N) is 1. The van der Waals surface area contributed by atoms with E-state index < -0.39 is 5.97 Å². The van der Waals surface area contributed by atoms with Gasteiger partial charge in [-0.3, -0.25) is 4.79 Å². The zero-order chi connectivity index (χ0) is 13.4. The highest BCUT2D eigenvalue weighted by Gasteiger charge is 2.05. The fourth-order valence-electron chi connectivity index (χ4n) is 1.67. The van der Waals surface area contributed by atoms with E-state index >= 15 is 0 Å². The van der Waals surface area contributed by atoms with Crippen molar-refractivity contribution in [2.45, 2.75) is 46.1 Å². The number of hydrogen-bond acceptors (Lipinski definition) is 4. The van der Waals surface area contributed by atoms with Gasteiger partial charge in [-0.1, -0.05) is 13.8 Å². The summed E-state index contributed by atoms with van der Waals surface area (Å²) in [6.07, 6.45) is 3.04. The van der Waals surface area contributed by atoms with Crippen LogP contribution < -0.4 is 5.32 Å². The number of thiazole rings is 1. The van der Waals surface area contributed by atoms with Crippen molar-refractivity contribution in [3.05, 3.63) is 16.1 Å². The fraction of sp³-hybridized carbons (Fsp3) is 0.692. The number of hydrogen-bond donors (Lipinski definition) is 2. The quantitative estimate of drug-likeness (QED) is 0.677. The molecule has 2 N–H and O–H groups in total. The first-order chi connectivity index (χ1) is 8.61. The molecule has 0 aromatic carbocycles. The second kappa shape index (κ2) is 8.21. The Balaban J connectivity index is 2.09. The van der Waals surface area contributed by atoms with Crippen LogP contribution in [0.4, 0.5) is 0 Å². The van der Waals surface area contributed by atoms with Crippen LogP contribution in [-0.4, -0.2) is 22.6 Å². The molecule has 0 saturated heterocycles. The van der Waals surface area contributed by atoms with Gasteiger partial charge in [0.15, 0.2) is 0 Å². The maximum Gasteiger partial charge on any atom is 0.303 e. The lowest BCUT2D eigenvalue weighted by atomic mass is 10.0. The van der Waals surface area contributed by atoms with E-state index in [1.807, 2.05) is 0 Å². The van der Waals surface area contributed by atoms with Gasteiger partial charge in [0.2, 0.25) is 0 Å². The van der Waals surface area contributed by atoms with E-state index in [0.29, 0.717) is 5.92 Å². The first-order valence-electron chi connectivity index (χ1n) is 6.47. The molecule has 0 fully saturated rings. The van der Waals surface area contributed by atoms with Gasteiger partial charge in [-0.2, -0.15) is 0 Å². The third-order valence-corrected chi connectivity index (χ3v) is 3.91. The third-order valence-electron chi connectivity index (χ3n) is 2.87. The van der Waals surface area contributed by atoms with Gasteiger partial charge in [0.1, 0.15) is 0 Å². The first kappa shape index (κ1) is 15.1. The number of aryl methyl sites for hydroxylation is 1. The average Bonchev–Trinajstić information content (AvgIpc) is 2.80. The van der Waals surface area contributed by atoms with Gasteiger partial charge in [-0.15, -0.1) is 11.3 Å². The van der Waals surface area contributed by atoms with Crippen molar-refractivity contribution in [3.63, 3.8) is 0 Å². The molecule has 0 bridgehead atoms. The lowest BCUT2D eigenvalue weighted by Gasteiger charge is -2.09. The van der Waals surface area contributed by atoms with E-state index in [9.17, 15) is 4.79 Å². The van der Waals surface area contributed by atoms with E-state index in [1.165, 1.54) is 5.01 Å². The van der Waals surface area contributed by atoms with Gasteiger partial charge in [0.25, 0.3) is 0 Å². The lowest BCUT2D eigenvalue weighted by Crippen LogP contribution is -2.17. The Morgan fingerprint density at radius 2 is 2.33 bits per heavy atom. The summed E-state index contributed by atoms with van der Waals surface area (Å²) in [6, 6.07) is 0. The summed E-state index contributed by atoms with van der Waals surface area (Å²) < 4.78 is 0. The van der Waals surface area contributed by atoms with Crippen molar-refractivity contribution in [1.82, 2.24) is 10.3 Å². The van der Waals surface area contributed by atoms with Gasteiger partial charge < -0.3 is 10.4 Å². The molecule has 0 aliphatic rings. The van der Waals surface area contributed by atoms with Crippen LogP contribution in [0.25, 0.3) is 0 Å². The van der Waals surface area contributed by atoms with Crippen LogP contribution in [0.3, 0.4) is 0 Å². The number of carboxylic acids is 1. The summed E-state index contributed by atoms with van der Waals surface area (Å²) in [7, 11) is 0. The second-order valence-corrected chi connectivity index (χ2v) is 5.53. The highest BCUT2D eigenvalue weighted by molar-refractivity contribution is 7.09. The zero-order valence-corrected chi connectivity index (χ0v) is 11.9. The van der Waals surface area contributed by atoms with Crippen molar-refractivity contribution in [3.8, 4) is 0 Å². The van der Waals surface area contributed by atoms with Crippen LogP contribution in [0.5, 0.6) is 0 Å². The summed E-state index contributed by atoms with van der Waals surface area (Å²) in [4.78, 5) is 14.9. The molecule has 1 heterocycles. The molecule has 1 aromatic heterocycles. The normalized spacial score (nSPS) is 12.6. The predicted molar refractivity (Wildman–Crippen MR) is 73.8 cm³/mol. The van der Waals surface area contributed by atoms with E-state index in [2.05, 4.69) is 29.5 Å². The van der Waals surface area contributed by atoms with Gasteiger partial charge in [0.05, 0.1) is 10.7 Å². The molecular formula is C13H22N2O2S. The SMILES string of the molecule is CCc1nc(CNCCC(C)CCC(=O)O)cs1. The molecule has 0 aliphatic carbocycles. The predicted octanol–water partition coefficient (Wildman–Crippen LogP) is 2.69. The van der Waals surface area contributed by atoms with Crippen LogP contribution in [0.1, 0.15) is 43.8 Å². The average molecular weight is 270 g/mol. The standard InChI is InChI=1S/C13H22N2O2S/c1-3-12-15-11(9-18-12)8-14-7-6-10(2)4-5-13(16)17/h9-10,14H,3-8H2,1-2H3,(H,16,17). The Labute approximate surface area is 112 Å². The highest BCUT2D eigenvalue weighted by atomic mass is 32.1. The number of aromatic nitrogens is 1. The van der Waals surface area contributed by atoms with Crippen LogP contribution >= 0.6 is 11.3 Å². The maximum atomic E-state index is 10.4. The molecule has 18 heavy (non-hydrogen) atoms. The molecular weight excluding hydrogens is 248 g/mol. The van der Waals surface area contributed by atoms with Crippen molar-refractivity contribution in [2.75, 3.05) is 6.54 Å². The Morgan fingerprint density at radius 3 is 2.94 bits per heavy atom. The van der Waals surface area contributed by atoms with Crippen LogP contribution in [0.2, 0.25) is 0 Å². The monoisotopic (exact) mass is 270 g/mol. The van der Waals surface area contributed by atoms with Crippen LogP contribution in [0.15, 0.2) is 5.38 Å². The first-order valence-corrected chi connectivity index (χ1v) is 7.35. The molecule has 0 radical (unpaired) electrons. The van der Waals surface area contributed by atoms with Gasteiger partial charge >= 0.3 is 5.97 Å². The summed E-state index contributed by atoms with van der Waals surface area (Å²) in [6.45, 7) is 5.94. The Bertz CT molecular complexity index is 366. The van der Waals surface area contributed by atoms with Crippen molar-refractivity contribution >= 4 is 17.3 Å². The molecule has 102 valence electrons. The largest absolute Gasteiger partial charge is 0.481 e. The van der Waals surface area contributed by atoms with Gasteiger partial charge in [0, 0.05) is 18.3 Å². The number of nitrogens with zero attached hydrogens (tertiary/aromatic N) is 1. The molecule has 0 amide bonds. The smallest absolute Gasteiger partial charge is 0.303 e. The minimum absolute atomic E-state index is 0.271. The molecule has 0 aliphatic heterocycles. The number of carbonyl (C=O) groups is 1. The Morgan fingerprint density at radius 1 is 1.56 bits per heavy atom. The van der Waals surface area contributed by atoms with E-state index in [-0.39, 0.29) is 6.42 Å². The fourth-order valence-corrected chi connectivity index (χ4v) is 2.42. The highest BCUT2D eigenvalue weighted by Crippen LogP contribution is 2.11. The summed E-state index contributed by atoms with van der Waals surface area (Å²) in [5.74, 6) is -0.250. The minimum atomic E-state index is -0.704. The van der Waals surface area contributed by atoms with Crippen molar-refractivity contribution in [2.24, 2.45) is 5.92 Å². The number of rotatable bonds is 9.